The van der Waals surface area contributed by atoms with E-state index in [-0.39, 0.29) is 12.1 Å². The molecule has 0 N–H and O–H groups in total. The number of rotatable bonds is 2. The third kappa shape index (κ3) is 1.25. The highest BCUT2D eigenvalue weighted by atomic mass is 16.8. The van der Waals surface area contributed by atoms with E-state index in [9.17, 15) is 4.79 Å². The van der Waals surface area contributed by atoms with Gasteiger partial charge >= 0.3 is 5.97 Å². The van der Waals surface area contributed by atoms with Gasteiger partial charge in [0.15, 0.2) is 11.9 Å². The van der Waals surface area contributed by atoms with E-state index in [4.69, 9.17) is 14.2 Å². The van der Waals surface area contributed by atoms with Crippen LogP contribution < -0.4 is 0 Å². The molecule has 0 radical (unpaired) electrons. The van der Waals surface area contributed by atoms with Crippen LogP contribution in [-0.2, 0) is 19.0 Å². The summed E-state index contributed by atoms with van der Waals surface area (Å²) in [6.45, 7) is 4.33. The lowest BCUT2D eigenvalue weighted by atomic mass is 10.1. The van der Waals surface area contributed by atoms with Crippen LogP contribution in [0, 0.1) is 0 Å². The predicted octanol–water partition coefficient (Wildman–Crippen LogP) is 0.843. The average molecular weight is 186 g/mol. The van der Waals surface area contributed by atoms with Crippen molar-refractivity contribution in [1.82, 2.24) is 0 Å². The number of carbonyl (C=O) groups is 1. The van der Waals surface area contributed by atoms with Gasteiger partial charge in [0.2, 0.25) is 0 Å². The largest absolute Gasteiger partial charge is 0.461 e. The number of ether oxygens (including phenoxy) is 3. The first-order chi connectivity index (χ1) is 6.21. The molecular formula is C9H14O4. The summed E-state index contributed by atoms with van der Waals surface area (Å²) in [7, 11) is 0. The molecule has 2 aliphatic rings. The quantitative estimate of drug-likeness (QED) is 0.599. The minimum Gasteiger partial charge on any atom is -0.461 e. The van der Waals surface area contributed by atoms with E-state index >= 15 is 0 Å². The zero-order valence-electron chi connectivity index (χ0n) is 7.91. The molecule has 0 aromatic heterocycles. The van der Waals surface area contributed by atoms with Crippen LogP contribution >= 0.6 is 0 Å². The smallest absolute Gasteiger partial charge is 0.338 e. The zero-order chi connectivity index (χ0) is 9.47. The van der Waals surface area contributed by atoms with Crippen LogP contribution in [0.1, 0.15) is 26.7 Å². The van der Waals surface area contributed by atoms with Gasteiger partial charge in [-0.05, 0) is 12.8 Å². The molecule has 4 heteroatoms. The maximum atomic E-state index is 11.1. The van der Waals surface area contributed by atoms with Gasteiger partial charge in [0.05, 0.1) is 0 Å². The summed E-state index contributed by atoms with van der Waals surface area (Å²) in [5.41, 5.74) is 0. The van der Waals surface area contributed by atoms with Crippen molar-refractivity contribution in [3.63, 3.8) is 0 Å². The van der Waals surface area contributed by atoms with Crippen LogP contribution in [-0.4, -0.2) is 30.6 Å². The lowest BCUT2D eigenvalue weighted by Crippen LogP contribution is -2.31. The Morgan fingerprint density at radius 1 is 1.38 bits per heavy atom. The van der Waals surface area contributed by atoms with E-state index < -0.39 is 11.9 Å². The number of cyclic esters (lactones) is 1. The fourth-order valence-corrected chi connectivity index (χ4v) is 1.82. The van der Waals surface area contributed by atoms with Crippen LogP contribution in [0.3, 0.4) is 0 Å². The van der Waals surface area contributed by atoms with Crippen LogP contribution in [0.25, 0.3) is 0 Å². The molecule has 0 bridgehead atoms. The number of carbonyl (C=O) groups excluding carboxylic acids is 1. The Labute approximate surface area is 77.1 Å². The molecule has 2 aliphatic heterocycles. The zero-order valence-corrected chi connectivity index (χ0v) is 7.91. The molecule has 4 nitrogen and oxygen atoms in total. The summed E-state index contributed by atoms with van der Waals surface area (Å²) in [4.78, 5) is 11.1. The van der Waals surface area contributed by atoms with Crippen molar-refractivity contribution in [2.75, 3.05) is 6.61 Å². The van der Waals surface area contributed by atoms with Crippen LogP contribution in [0.15, 0.2) is 0 Å². The first-order valence-electron chi connectivity index (χ1n) is 4.73. The Balaban J connectivity index is 2.12. The summed E-state index contributed by atoms with van der Waals surface area (Å²) in [6, 6.07) is 0. The Morgan fingerprint density at radius 2 is 2.08 bits per heavy atom. The number of hydrogen-bond acceptors (Lipinski definition) is 4. The summed E-state index contributed by atoms with van der Waals surface area (Å²) < 4.78 is 16.1. The van der Waals surface area contributed by atoms with Crippen molar-refractivity contribution in [2.24, 2.45) is 0 Å². The van der Waals surface area contributed by atoms with Gasteiger partial charge < -0.3 is 14.2 Å². The van der Waals surface area contributed by atoms with E-state index in [1.165, 1.54) is 0 Å². The van der Waals surface area contributed by atoms with Crippen molar-refractivity contribution < 1.29 is 19.0 Å². The minimum absolute atomic E-state index is 0.188. The lowest BCUT2D eigenvalue weighted by Gasteiger charge is -2.25. The first kappa shape index (κ1) is 8.97. The van der Waals surface area contributed by atoms with Gasteiger partial charge in [0, 0.05) is 0 Å². The van der Waals surface area contributed by atoms with E-state index in [0.29, 0.717) is 6.61 Å². The van der Waals surface area contributed by atoms with Crippen molar-refractivity contribution >= 4 is 5.97 Å². The van der Waals surface area contributed by atoms with E-state index in [1.807, 2.05) is 13.8 Å². The molecule has 0 unspecified atom stereocenters. The molecule has 2 fully saturated rings. The monoisotopic (exact) mass is 186 g/mol. The Bertz CT molecular complexity index is 222. The van der Waals surface area contributed by atoms with Crippen LogP contribution in [0.4, 0.5) is 0 Å². The topological polar surface area (TPSA) is 44.8 Å². The fraction of sp³-hybridized carbons (Fsp3) is 0.889. The highest BCUT2D eigenvalue weighted by Crippen LogP contribution is 2.37. The Hall–Kier alpha value is -0.610. The standard InChI is InChI=1S/C9H14O4/c1-3-9(4-2)12-6-5-11-8(10)7(6)13-9/h6-7H,3-5H2,1-2H3/t6-,7-/m1/s1. The van der Waals surface area contributed by atoms with Gasteiger partial charge in [-0.25, -0.2) is 4.79 Å². The molecule has 74 valence electrons. The van der Waals surface area contributed by atoms with Gasteiger partial charge in [-0.3, -0.25) is 0 Å². The van der Waals surface area contributed by atoms with Crippen LogP contribution in [0.2, 0.25) is 0 Å². The highest BCUT2D eigenvalue weighted by molar-refractivity contribution is 5.78. The molecule has 0 spiro atoms. The van der Waals surface area contributed by atoms with Gasteiger partial charge in [-0.15, -0.1) is 0 Å². The molecule has 2 saturated heterocycles. The van der Waals surface area contributed by atoms with Gasteiger partial charge in [0.1, 0.15) is 12.7 Å². The maximum Gasteiger partial charge on any atom is 0.338 e. The van der Waals surface area contributed by atoms with E-state index in [1.54, 1.807) is 0 Å². The predicted molar refractivity (Wildman–Crippen MR) is 44.0 cm³/mol. The van der Waals surface area contributed by atoms with Crippen molar-refractivity contribution in [3.05, 3.63) is 0 Å². The van der Waals surface area contributed by atoms with Crippen molar-refractivity contribution in [1.29, 1.82) is 0 Å². The normalized spacial score (nSPS) is 36.0. The van der Waals surface area contributed by atoms with Crippen molar-refractivity contribution in [3.8, 4) is 0 Å². The third-order valence-electron chi connectivity index (χ3n) is 2.75. The molecule has 0 amide bonds. The van der Waals surface area contributed by atoms with Crippen molar-refractivity contribution in [2.45, 2.75) is 44.7 Å². The molecular weight excluding hydrogens is 172 g/mol. The lowest BCUT2D eigenvalue weighted by molar-refractivity contribution is -0.198. The number of esters is 1. The Morgan fingerprint density at radius 3 is 2.62 bits per heavy atom. The minimum atomic E-state index is -0.547. The molecule has 0 aromatic rings. The summed E-state index contributed by atoms with van der Waals surface area (Å²) in [5, 5.41) is 0. The molecule has 2 heterocycles. The molecule has 2 atom stereocenters. The van der Waals surface area contributed by atoms with E-state index in [0.717, 1.165) is 12.8 Å². The number of fused-ring (bicyclic) bond motifs is 1. The number of hydrogen-bond donors (Lipinski definition) is 0. The maximum absolute atomic E-state index is 11.1. The molecule has 0 saturated carbocycles. The second kappa shape index (κ2) is 2.96. The Kier molecular flexibility index (Phi) is 2.04. The highest BCUT2D eigenvalue weighted by Gasteiger charge is 2.53. The fourth-order valence-electron chi connectivity index (χ4n) is 1.82. The van der Waals surface area contributed by atoms with Crippen LogP contribution in [0.5, 0.6) is 0 Å². The second-order valence-electron chi connectivity index (χ2n) is 3.44. The summed E-state index contributed by atoms with van der Waals surface area (Å²) >= 11 is 0. The van der Waals surface area contributed by atoms with Gasteiger partial charge in [-0.1, -0.05) is 13.8 Å². The molecule has 2 rings (SSSR count). The molecule has 13 heavy (non-hydrogen) atoms. The summed E-state index contributed by atoms with van der Waals surface area (Å²) in [6.07, 6.45) is 0.861. The SMILES string of the molecule is CCC1(CC)O[C@@H]2COC(=O)[C@@H]2O1. The molecule has 0 aliphatic carbocycles. The average Bonchev–Trinajstić information content (AvgIpc) is 2.67. The van der Waals surface area contributed by atoms with Gasteiger partial charge in [-0.2, -0.15) is 0 Å². The molecule has 0 aromatic carbocycles. The van der Waals surface area contributed by atoms with Gasteiger partial charge in [0.25, 0.3) is 0 Å². The first-order valence-corrected chi connectivity index (χ1v) is 4.73. The summed E-state index contributed by atoms with van der Waals surface area (Å²) in [5.74, 6) is -0.830. The third-order valence-corrected chi connectivity index (χ3v) is 2.75. The second-order valence-corrected chi connectivity index (χ2v) is 3.44. The van der Waals surface area contributed by atoms with E-state index in [2.05, 4.69) is 0 Å².